The fraction of sp³-hybridized carbons (Fsp3) is 0.676. The number of aliphatic carboxylic acids is 6. The fourth-order valence-electron chi connectivity index (χ4n) is 14.5. The van der Waals surface area contributed by atoms with Crippen LogP contribution in [0.4, 0.5) is 0 Å². The first kappa shape index (κ1) is 69.6. The molecular formula is C74H108O12. The predicted molar refractivity (Wildman–Crippen MR) is 341 cm³/mol. The monoisotopic (exact) mass is 1190 g/mol. The van der Waals surface area contributed by atoms with Crippen molar-refractivity contribution in [2.45, 2.75) is 287 Å². The molecule has 0 spiro atoms. The molecular weight excluding hydrogens is 1080 g/mol. The molecule has 3 saturated carbocycles. The Hall–Kier alpha value is -5.52. The third kappa shape index (κ3) is 17.2. The van der Waals surface area contributed by atoms with Gasteiger partial charge < -0.3 is 30.6 Å². The van der Waals surface area contributed by atoms with Gasteiger partial charge in [-0.3, -0.25) is 28.8 Å². The van der Waals surface area contributed by atoms with Crippen LogP contribution in [0.15, 0.2) is 30.3 Å². The van der Waals surface area contributed by atoms with E-state index in [-0.39, 0.29) is 11.8 Å². The van der Waals surface area contributed by atoms with E-state index in [9.17, 15) is 59.4 Å². The number of carboxylic acid groups (broad SMARTS) is 6. The van der Waals surface area contributed by atoms with Crippen molar-refractivity contribution in [2.75, 3.05) is 0 Å². The Morgan fingerprint density at radius 2 is 0.814 bits per heavy atom. The normalized spacial score (nSPS) is 19.8. The second kappa shape index (κ2) is 29.2. The molecule has 476 valence electrons. The topological polar surface area (TPSA) is 224 Å². The molecule has 0 bridgehead atoms. The van der Waals surface area contributed by atoms with E-state index in [0.717, 1.165) is 170 Å². The van der Waals surface area contributed by atoms with Crippen LogP contribution in [-0.4, -0.2) is 66.5 Å². The Morgan fingerprint density at radius 1 is 0.407 bits per heavy atom. The quantitative estimate of drug-likeness (QED) is 0.0292. The molecule has 3 aromatic rings. The van der Waals surface area contributed by atoms with Crippen molar-refractivity contribution in [3.8, 4) is 0 Å². The minimum atomic E-state index is -0.873. The van der Waals surface area contributed by atoms with Crippen molar-refractivity contribution in [1.82, 2.24) is 0 Å². The minimum absolute atomic E-state index is 0.117. The van der Waals surface area contributed by atoms with Crippen molar-refractivity contribution in [3.63, 3.8) is 0 Å². The molecule has 12 heteroatoms. The Bertz CT molecular complexity index is 2920. The molecule has 3 aliphatic carbocycles. The Balaban J connectivity index is 1.13. The van der Waals surface area contributed by atoms with Crippen LogP contribution in [-0.2, 0) is 67.3 Å². The summed E-state index contributed by atoms with van der Waals surface area (Å²) in [7, 11) is 0. The van der Waals surface area contributed by atoms with Crippen LogP contribution in [0.2, 0.25) is 0 Å². The van der Waals surface area contributed by atoms with Crippen molar-refractivity contribution in [3.05, 3.63) is 103 Å². The molecule has 3 aliphatic rings. The standard InChI is InChI=1S/C74H108O12/c1-48-43-53(27-15-12-21-38-72(41-42-72)66(81)82)57(31-19-25-36-70(8,9)64(77)78)60(44-48)62-47-74(62,68(85)86)40-22-13-16-29-55-49(2)33-34-59(58(55)32-20-26-37-71(10,11)65(79)80)61-46-73(61,67(83)84)39-23-14-17-30-56-52(5)51(4)50(3)45-54(56)28-18-24-35-69(6,7)63(75)76/h33-34,43-45,61-62H,12-32,35-42,46-47H2,1-11H3,(H,75,76)(H,77,78)(H,79,80)(H,81,82)(H,83,84)(H,85,86). The molecule has 86 heavy (non-hydrogen) atoms. The first-order chi connectivity index (χ1) is 40.4. The van der Waals surface area contributed by atoms with Gasteiger partial charge in [0.25, 0.3) is 0 Å². The van der Waals surface area contributed by atoms with E-state index in [0.29, 0.717) is 51.4 Å². The van der Waals surface area contributed by atoms with Crippen LogP contribution in [0.1, 0.15) is 286 Å². The number of carboxylic acids is 6. The predicted octanol–water partition coefficient (Wildman–Crippen LogP) is 17.4. The summed E-state index contributed by atoms with van der Waals surface area (Å²) in [5, 5.41) is 61.1. The molecule has 0 heterocycles. The van der Waals surface area contributed by atoms with E-state index >= 15 is 0 Å². The summed E-state index contributed by atoms with van der Waals surface area (Å²) >= 11 is 0. The molecule has 6 N–H and O–H groups in total. The van der Waals surface area contributed by atoms with Crippen LogP contribution in [0, 0.1) is 67.1 Å². The van der Waals surface area contributed by atoms with Crippen LogP contribution >= 0.6 is 0 Å². The van der Waals surface area contributed by atoms with Crippen molar-refractivity contribution in [2.24, 2.45) is 32.5 Å². The Labute approximate surface area is 515 Å². The van der Waals surface area contributed by atoms with E-state index in [2.05, 4.69) is 65.0 Å². The molecule has 0 radical (unpaired) electrons. The maximum absolute atomic E-state index is 13.5. The van der Waals surface area contributed by atoms with Gasteiger partial charge in [0.1, 0.15) is 0 Å². The number of carbonyl (C=O) groups is 6. The summed E-state index contributed by atoms with van der Waals surface area (Å²) in [5.74, 6) is -4.82. The van der Waals surface area contributed by atoms with Gasteiger partial charge >= 0.3 is 35.8 Å². The molecule has 4 atom stereocenters. The van der Waals surface area contributed by atoms with E-state index in [1.807, 2.05) is 0 Å². The zero-order valence-electron chi connectivity index (χ0n) is 54.6. The molecule has 0 aliphatic heterocycles. The average Bonchev–Trinajstić information content (AvgIpc) is 1.59. The molecule has 0 saturated heterocycles. The largest absolute Gasteiger partial charge is 0.481 e. The molecule has 6 rings (SSSR count). The van der Waals surface area contributed by atoms with Gasteiger partial charge in [0.2, 0.25) is 0 Å². The zero-order chi connectivity index (χ0) is 63.6. The Morgan fingerprint density at radius 3 is 1.28 bits per heavy atom. The lowest BCUT2D eigenvalue weighted by molar-refractivity contribution is -0.148. The molecule has 0 aromatic heterocycles. The lowest BCUT2D eigenvalue weighted by Gasteiger charge is -2.22. The van der Waals surface area contributed by atoms with Gasteiger partial charge in [0.15, 0.2) is 0 Å². The van der Waals surface area contributed by atoms with E-state index in [1.54, 1.807) is 41.5 Å². The molecule has 3 aromatic carbocycles. The number of hydrogen-bond donors (Lipinski definition) is 6. The first-order valence-corrected chi connectivity index (χ1v) is 33.1. The molecule has 0 amide bonds. The second-order valence-corrected chi connectivity index (χ2v) is 29.4. The lowest BCUT2D eigenvalue weighted by atomic mass is 9.83. The van der Waals surface area contributed by atoms with Gasteiger partial charge in [-0.1, -0.05) is 93.7 Å². The number of aryl methyl sites for hydroxylation is 5. The first-order valence-electron chi connectivity index (χ1n) is 33.1. The summed E-state index contributed by atoms with van der Waals surface area (Å²) in [6, 6.07) is 11.1. The van der Waals surface area contributed by atoms with Crippen molar-refractivity contribution >= 4 is 35.8 Å². The van der Waals surface area contributed by atoms with E-state index in [4.69, 9.17) is 0 Å². The van der Waals surface area contributed by atoms with Gasteiger partial charge in [0.05, 0.1) is 32.5 Å². The highest BCUT2D eigenvalue weighted by molar-refractivity contribution is 5.82. The van der Waals surface area contributed by atoms with Crippen LogP contribution in [0.5, 0.6) is 0 Å². The van der Waals surface area contributed by atoms with Gasteiger partial charge in [-0.05, 0) is 284 Å². The van der Waals surface area contributed by atoms with Gasteiger partial charge in [-0.25, -0.2) is 0 Å². The Kier molecular flexibility index (Phi) is 23.6. The van der Waals surface area contributed by atoms with E-state index < -0.39 is 68.3 Å². The molecule has 3 fully saturated rings. The second-order valence-electron chi connectivity index (χ2n) is 29.4. The fourth-order valence-corrected chi connectivity index (χ4v) is 14.5. The van der Waals surface area contributed by atoms with Crippen molar-refractivity contribution in [1.29, 1.82) is 0 Å². The summed E-state index contributed by atoms with van der Waals surface area (Å²) < 4.78 is 0. The van der Waals surface area contributed by atoms with Crippen LogP contribution in [0.3, 0.4) is 0 Å². The average molecular weight is 1190 g/mol. The highest BCUT2D eigenvalue weighted by Crippen LogP contribution is 2.65. The summed E-state index contributed by atoms with van der Waals surface area (Å²) in [6.07, 6.45) is 23.8. The van der Waals surface area contributed by atoms with Gasteiger partial charge in [-0.2, -0.15) is 0 Å². The minimum Gasteiger partial charge on any atom is -0.481 e. The smallest absolute Gasteiger partial charge is 0.310 e. The number of unbranched alkanes of at least 4 members (excludes halogenated alkanes) is 9. The number of hydrogen-bond acceptors (Lipinski definition) is 6. The molecule has 12 nitrogen and oxygen atoms in total. The van der Waals surface area contributed by atoms with Crippen LogP contribution in [0.25, 0.3) is 0 Å². The number of benzene rings is 3. The maximum atomic E-state index is 13.5. The maximum Gasteiger partial charge on any atom is 0.310 e. The molecule has 4 unspecified atom stereocenters. The van der Waals surface area contributed by atoms with Gasteiger partial charge in [-0.15, -0.1) is 0 Å². The van der Waals surface area contributed by atoms with Gasteiger partial charge in [0, 0.05) is 11.8 Å². The van der Waals surface area contributed by atoms with Crippen molar-refractivity contribution < 1.29 is 59.4 Å². The van der Waals surface area contributed by atoms with E-state index in [1.165, 1.54) is 50.1 Å². The summed E-state index contributed by atoms with van der Waals surface area (Å²) in [6.45, 7) is 21.4. The summed E-state index contributed by atoms with van der Waals surface area (Å²) in [4.78, 5) is 74.5. The lowest BCUT2D eigenvalue weighted by Crippen LogP contribution is -2.23. The zero-order valence-corrected chi connectivity index (χ0v) is 54.6. The third-order valence-electron chi connectivity index (χ3n) is 21.6. The highest BCUT2D eigenvalue weighted by Gasteiger charge is 2.62. The SMILES string of the molecule is Cc1cc(CCCCCC2(C(=O)O)CC2)c(CCCCC(C)(C)C(=O)O)c(C2CC2(CCCCCc2c(C)ccc(C3CC3(CCCCCc3c(CCCCC(C)(C)C(=O)O)cc(C)c(C)c3C)C(=O)O)c2CCCCC(C)(C)C(=O)O)C(=O)O)c1. The highest BCUT2D eigenvalue weighted by atomic mass is 16.4. The van der Waals surface area contributed by atoms with Crippen LogP contribution < -0.4 is 0 Å². The number of rotatable bonds is 41. The summed E-state index contributed by atoms with van der Waals surface area (Å²) in [5.41, 5.74) is 11.3. The third-order valence-corrected chi connectivity index (χ3v) is 21.6.